The van der Waals surface area contributed by atoms with E-state index < -0.39 is 0 Å². The van der Waals surface area contributed by atoms with Gasteiger partial charge >= 0.3 is 0 Å². The minimum absolute atomic E-state index is 0.0952. The fourth-order valence-corrected chi connectivity index (χ4v) is 3.01. The van der Waals surface area contributed by atoms with Crippen molar-refractivity contribution in [1.82, 2.24) is 46.3 Å². The normalized spacial score (nSPS) is 21.5. The van der Waals surface area contributed by atoms with Gasteiger partial charge in [0.05, 0.1) is 23.0 Å². The van der Waals surface area contributed by atoms with E-state index in [4.69, 9.17) is 0 Å². The fraction of sp³-hybridized carbons (Fsp3) is 0.400. The molecule has 0 radical (unpaired) electrons. The molecule has 10 nitrogen and oxygen atoms in total. The van der Waals surface area contributed by atoms with Gasteiger partial charge in [-0.2, -0.15) is 0 Å². The van der Waals surface area contributed by atoms with Crippen molar-refractivity contribution in [3.8, 4) is 0 Å². The van der Waals surface area contributed by atoms with E-state index in [9.17, 15) is 4.79 Å². The predicted molar refractivity (Wildman–Crippen MR) is 88.9 cm³/mol. The topological polar surface area (TPSA) is 125 Å². The second kappa shape index (κ2) is 6.22. The van der Waals surface area contributed by atoms with Crippen LogP contribution in [0.1, 0.15) is 30.5 Å². The molecule has 0 saturated carbocycles. The van der Waals surface area contributed by atoms with Crippen LogP contribution in [0.25, 0.3) is 11.0 Å². The molecule has 10 heteroatoms. The van der Waals surface area contributed by atoms with Crippen LogP contribution in [0.5, 0.6) is 0 Å². The molecule has 0 spiro atoms. The number of H-pyrrole nitrogens is 1. The van der Waals surface area contributed by atoms with Gasteiger partial charge < -0.3 is 10.3 Å². The van der Waals surface area contributed by atoms with Crippen molar-refractivity contribution < 1.29 is 4.79 Å². The summed E-state index contributed by atoms with van der Waals surface area (Å²) in [5.41, 5.74) is 9.01. The van der Waals surface area contributed by atoms with Crippen molar-refractivity contribution in [3.63, 3.8) is 0 Å². The number of aromatic amines is 1. The molecule has 3 unspecified atom stereocenters. The lowest BCUT2D eigenvalue weighted by atomic mass is 10.1. The highest BCUT2D eigenvalue weighted by Crippen LogP contribution is 2.20. The zero-order valence-corrected chi connectivity index (χ0v) is 13.9. The average Bonchev–Trinajstić information content (AvgIpc) is 3.32. The molecule has 0 bridgehead atoms. The highest BCUT2D eigenvalue weighted by atomic mass is 16.2. The molecule has 1 amide bonds. The molecule has 2 aromatic heterocycles. The van der Waals surface area contributed by atoms with E-state index in [2.05, 4.69) is 41.7 Å². The van der Waals surface area contributed by atoms with Crippen molar-refractivity contribution >= 4 is 16.9 Å². The summed E-state index contributed by atoms with van der Waals surface area (Å²) < 4.78 is 1.53. The Balaban J connectivity index is 1.49. The van der Waals surface area contributed by atoms with Gasteiger partial charge in [0.15, 0.2) is 0 Å². The van der Waals surface area contributed by atoms with E-state index in [-0.39, 0.29) is 24.0 Å². The Bertz CT molecular complexity index is 888. The molecule has 3 aromatic rings. The molecule has 25 heavy (non-hydrogen) atoms. The average molecular weight is 341 g/mol. The van der Waals surface area contributed by atoms with Gasteiger partial charge in [0.1, 0.15) is 18.3 Å². The molecule has 4 N–H and O–H groups in total. The van der Waals surface area contributed by atoms with Crippen LogP contribution in [0, 0.1) is 12.8 Å². The first-order valence-corrected chi connectivity index (χ1v) is 8.09. The summed E-state index contributed by atoms with van der Waals surface area (Å²) in [4.78, 5) is 20.5. The lowest BCUT2D eigenvalue weighted by molar-refractivity contribution is -0.126. The molecular weight excluding hydrogens is 322 g/mol. The van der Waals surface area contributed by atoms with Crippen LogP contribution in [-0.2, 0) is 4.79 Å². The summed E-state index contributed by atoms with van der Waals surface area (Å²) in [6.07, 6.45) is 1.15. The fourth-order valence-electron chi connectivity index (χ4n) is 3.01. The van der Waals surface area contributed by atoms with Gasteiger partial charge in [-0.25, -0.2) is 15.1 Å². The first-order valence-electron chi connectivity index (χ1n) is 8.09. The molecule has 1 fully saturated rings. The number of tetrazole rings is 1. The number of nitrogens with zero attached hydrogens (tertiary/aromatic N) is 5. The molecule has 1 saturated heterocycles. The lowest BCUT2D eigenvalue weighted by Gasteiger charge is -2.19. The van der Waals surface area contributed by atoms with Crippen LogP contribution in [0.2, 0.25) is 0 Å². The van der Waals surface area contributed by atoms with Gasteiger partial charge in [-0.3, -0.25) is 10.2 Å². The van der Waals surface area contributed by atoms with Crippen molar-refractivity contribution in [2.45, 2.75) is 26.1 Å². The van der Waals surface area contributed by atoms with E-state index >= 15 is 0 Å². The van der Waals surface area contributed by atoms with E-state index in [0.29, 0.717) is 6.54 Å². The largest absolute Gasteiger partial charge is 0.346 e. The maximum atomic E-state index is 12.7. The zero-order valence-electron chi connectivity index (χ0n) is 13.9. The number of fused-ring (bicyclic) bond motifs is 1. The Morgan fingerprint density at radius 3 is 3.12 bits per heavy atom. The monoisotopic (exact) mass is 341 g/mol. The smallest absolute Gasteiger partial charge is 0.228 e. The maximum absolute atomic E-state index is 12.7. The van der Waals surface area contributed by atoms with Crippen molar-refractivity contribution in [1.29, 1.82) is 0 Å². The van der Waals surface area contributed by atoms with Crippen molar-refractivity contribution in [2.75, 3.05) is 6.54 Å². The third kappa shape index (κ3) is 2.96. The number of hydrazine groups is 1. The number of carbonyl (C=O) groups is 1. The molecule has 4 rings (SSSR count). The first-order chi connectivity index (χ1) is 12.1. The van der Waals surface area contributed by atoms with E-state index in [1.165, 1.54) is 11.0 Å². The number of rotatable bonds is 4. The van der Waals surface area contributed by atoms with E-state index in [1.807, 2.05) is 32.0 Å². The third-order valence-electron chi connectivity index (χ3n) is 4.36. The van der Waals surface area contributed by atoms with E-state index in [1.54, 1.807) is 0 Å². The second-order valence-electron chi connectivity index (χ2n) is 6.24. The molecule has 1 aliphatic heterocycles. The van der Waals surface area contributed by atoms with Gasteiger partial charge in [-0.1, -0.05) is 6.07 Å². The molecule has 130 valence electrons. The molecule has 1 aliphatic rings. The van der Waals surface area contributed by atoms with Crippen molar-refractivity contribution in [2.24, 2.45) is 5.92 Å². The number of hydrogen-bond donors (Lipinski definition) is 4. The summed E-state index contributed by atoms with van der Waals surface area (Å²) >= 11 is 0. The quantitative estimate of drug-likeness (QED) is 0.524. The Hall–Kier alpha value is -2.85. The van der Waals surface area contributed by atoms with Crippen LogP contribution in [-0.4, -0.2) is 42.6 Å². The van der Waals surface area contributed by atoms with Crippen LogP contribution in [0.4, 0.5) is 0 Å². The van der Waals surface area contributed by atoms with Crippen molar-refractivity contribution in [3.05, 3.63) is 35.9 Å². The number of aryl methyl sites for hydroxylation is 1. The number of nitrogens with one attached hydrogen (secondary N) is 4. The standard InChI is InChI=1S/C15H19N9O/c1-8-3-4-11-12(5-8)20-13(19-11)9(2)18-15(25)10-6-16-21-14(10)24-7-17-22-23-24/h3-5,7,9-10,14,16,21H,6H2,1-2H3,(H,18,25)(H,19,20). The predicted octanol–water partition coefficient (Wildman–Crippen LogP) is -0.0422. The lowest BCUT2D eigenvalue weighted by Crippen LogP contribution is -2.39. The summed E-state index contributed by atoms with van der Waals surface area (Å²) in [6, 6.07) is 5.79. The van der Waals surface area contributed by atoms with Crippen LogP contribution in [0.15, 0.2) is 24.5 Å². The molecule has 3 atom stereocenters. The van der Waals surface area contributed by atoms with E-state index in [0.717, 1.165) is 22.4 Å². The van der Waals surface area contributed by atoms with Gasteiger partial charge in [-0.15, -0.1) is 5.10 Å². The number of aromatic nitrogens is 6. The highest BCUT2D eigenvalue weighted by Gasteiger charge is 2.35. The summed E-state index contributed by atoms with van der Waals surface area (Å²) in [5.74, 6) is 0.298. The molecule has 3 heterocycles. The third-order valence-corrected chi connectivity index (χ3v) is 4.36. The number of imidazole rings is 1. The van der Waals surface area contributed by atoms with Gasteiger partial charge in [-0.05, 0) is 42.0 Å². The summed E-state index contributed by atoms with van der Waals surface area (Å²) in [7, 11) is 0. The first kappa shape index (κ1) is 15.7. The second-order valence-corrected chi connectivity index (χ2v) is 6.24. The Morgan fingerprint density at radius 1 is 1.44 bits per heavy atom. The number of hydrogen-bond acceptors (Lipinski definition) is 7. The maximum Gasteiger partial charge on any atom is 0.228 e. The minimum Gasteiger partial charge on any atom is -0.346 e. The number of benzene rings is 1. The Morgan fingerprint density at radius 2 is 2.32 bits per heavy atom. The highest BCUT2D eigenvalue weighted by molar-refractivity contribution is 5.80. The Kier molecular flexibility index (Phi) is 3.90. The summed E-state index contributed by atoms with van der Waals surface area (Å²) in [6.45, 7) is 4.43. The minimum atomic E-state index is -0.336. The zero-order chi connectivity index (χ0) is 17.4. The number of amides is 1. The molecule has 1 aromatic carbocycles. The number of carbonyl (C=O) groups excluding carboxylic acids is 1. The van der Waals surface area contributed by atoms with Crippen LogP contribution in [0.3, 0.4) is 0 Å². The van der Waals surface area contributed by atoms with Crippen LogP contribution < -0.4 is 16.2 Å². The molecular formula is C15H19N9O. The van der Waals surface area contributed by atoms with Gasteiger partial charge in [0.2, 0.25) is 5.91 Å². The Labute approximate surface area is 143 Å². The van der Waals surface area contributed by atoms with Gasteiger partial charge in [0.25, 0.3) is 0 Å². The summed E-state index contributed by atoms with van der Waals surface area (Å²) in [5, 5.41) is 14.1. The van der Waals surface area contributed by atoms with Gasteiger partial charge in [0, 0.05) is 6.54 Å². The SMILES string of the molecule is Cc1ccc2nc(C(C)NC(=O)C3CNNC3n3cnnn3)[nH]c2c1. The van der Waals surface area contributed by atoms with Crippen LogP contribution >= 0.6 is 0 Å². The molecule has 0 aliphatic carbocycles.